The molecule has 0 heterocycles. The van der Waals surface area contributed by atoms with E-state index in [2.05, 4.69) is 6.92 Å². The van der Waals surface area contributed by atoms with E-state index in [0.29, 0.717) is 0 Å². The molecule has 0 unspecified atom stereocenters. The van der Waals surface area contributed by atoms with Gasteiger partial charge in [0.1, 0.15) is 0 Å². The Labute approximate surface area is 61.6 Å². The van der Waals surface area contributed by atoms with E-state index in [0.717, 1.165) is 0 Å². The minimum atomic E-state index is -1.08. The maximum Gasteiger partial charge on any atom is 0.0642 e. The smallest absolute Gasteiger partial charge is 0.0642 e. The van der Waals surface area contributed by atoms with Gasteiger partial charge >= 0.3 is 43.1 Å². The minimum absolute atomic E-state index is 1.08. The summed E-state index contributed by atoms with van der Waals surface area (Å²) < 4.78 is 8.35. The summed E-state index contributed by atoms with van der Waals surface area (Å²) in [5, 5.41) is 1.47. The van der Waals surface area contributed by atoms with Crippen LogP contribution in [0.4, 0.5) is 0 Å². The predicted octanol–water partition coefficient (Wildman–Crippen LogP) is 1.30. The van der Waals surface area contributed by atoms with Crippen LogP contribution < -0.4 is 4.89 Å². The molecule has 0 saturated carbocycles. The third kappa shape index (κ3) is 30.0. The Morgan fingerprint density at radius 3 is 2.12 bits per heavy atom. The molecule has 0 aromatic carbocycles. The van der Waals surface area contributed by atoms with Crippen molar-refractivity contribution in [2.45, 2.75) is 24.8 Å². The molecular weight excluding hydrogens is 176 g/mol. The molecule has 0 fully saturated rings. The molecule has 0 aromatic heterocycles. The van der Waals surface area contributed by atoms with Gasteiger partial charge in [-0.05, 0) is 0 Å². The van der Waals surface area contributed by atoms with E-state index in [1.54, 1.807) is 0 Å². The molecule has 0 aromatic rings. The van der Waals surface area contributed by atoms with E-state index in [9.17, 15) is 0 Å². The molecule has 0 bridgehead atoms. The van der Waals surface area contributed by atoms with E-state index < -0.39 is 8.69 Å². The van der Waals surface area contributed by atoms with Crippen molar-refractivity contribution in [3.8, 4) is 0 Å². The summed E-state index contributed by atoms with van der Waals surface area (Å²) in [5.74, 6) is 0. The standard InChI is InChI=1S/C4H9.HO2P.Zn/c1-3-4-2;1-3-2;/h1,3-4H2,2H3;(H,1,2);/q;;+1/p-1. The summed E-state index contributed by atoms with van der Waals surface area (Å²) in [6, 6.07) is 0. The van der Waals surface area contributed by atoms with Crippen molar-refractivity contribution >= 4 is 8.69 Å². The van der Waals surface area contributed by atoms with E-state index in [-0.39, 0.29) is 0 Å². The van der Waals surface area contributed by atoms with Crippen molar-refractivity contribution < 1.29 is 27.8 Å². The van der Waals surface area contributed by atoms with Crippen molar-refractivity contribution in [2.75, 3.05) is 0 Å². The van der Waals surface area contributed by atoms with Crippen molar-refractivity contribution in [1.82, 2.24) is 0 Å². The van der Waals surface area contributed by atoms with Crippen LogP contribution in [0.25, 0.3) is 0 Å². The fraction of sp³-hybridized carbons (Fsp3) is 1.00. The molecule has 0 aliphatic rings. The van der Waals surface area contributed by atoms with Crippen LogP contribution in [0.15, 0.2) is 0 Å². The molecule has 0 spiro atoms. The number of unbranched alkanes of at least 4 members (excludes halogenated alkanes) is 1. The third-order valence-electron chi connectivity index (χ3n) is 0.604. The Hall–Kier alpha value is 0.683. The summed E-state index contributed by atoms with van der Waals surface area (Å²) in [5.41, 5.74) is 0. The molecule has 44 valence electrons. The summed E-state index contributed by atoms with van der Waals surface area (Å²) in [7, 11) is -1.08. The molecular formula is C4H9O2PZn. The topological polar surface area (TPSA) is 40.1 Å². The Kier molecular flexibility index (Phi) is 22.4. The van der Waals surface area contributed by atoms with Crippen LogP contribution in [0.1, 0.15) is 19.8 Å². The monoisotopic (exact) mass is 184 g/mol. The molecule has 0 N–H and O–H groups in total. The summed E-state index contributed by atoms with van der Waals surface area (Å²) in [4.78, 5) is 8.35. The van der Waals surface area contributed by atoms with Crippen molar-refractivity contribution in [3.63, 3.8) is 0 Å². The second kappa shape index (κ2) is 15.6. The Morgan fingerprint density at radius 1 is 1.75 bits per heavy atom. The van der Waals surface area contributed by atoms with Crippen LogP contribution in [0.2, 0.25) is 5.02 Å². The summed E-state index contributed by atoms with van der Waals surface area (Å²) in [6.45, 7) is 2.23. The maximum atomic E-state index is 8.35. The van der Waals surface area contributed by atoms with Crippen LogP contribution in [0.3, 0.4) is 0 Å². The Morgan fingerprint density at radius 2 is 2.12 bits per heavy atom. The van der Waals surface area contributed by atoms with Crippen molar-refractivity contribution in [2.24, 2.45) is 0 Å². The molecule has 0 radical (unpaired) electrons. The van der Waals surface area contributed by atoms with Gasteiger partial charge in [-0.2, -0.15) is 0 Å². The average molecular weight is 185 g/mol. The van der Waals surface area contributed by atoms with Gasteiger partial charge in [-0.25, -0.2) is 0 Å². The van der Waals surface area contributed by atoms with Gasteiger partial charge in [0.2, 0.25) is 0 Å². The first-order valence-corrected chi connectivity index (χ1v) is 5.40. The second-order valence-corrected chi connectivity index (χ2v) is 2.91. The van der Waals surface area contributed by atoms with Crippen molar-refractivity contribution in [1.29, 1.82) is 0 Å². The zero-order valence-electron chi connectivity index (χ0n) is 5.09. The molecule has 2 nitrogen and oxygen atoms in total. The van der Waals surface area contributed by atoms with Gasteiger partial charge in [-0.15, -0.1) is 0 Å². The molecule has 0 saturated heterocycles. The summed E-state index contributed by atoms with van der Waals surface area (Å²) in [6.07, 6.45) is 2.82. The quantitative estimate of drug-likeness (QED) is 0.481. The van der Waals surface area contributed by atoms with Gasteiger partial charge < -0.3 is 4.89 Å². The largest absolute Gasteiger partial charge is 0.772 e. The molecule has 8 heavy (non-hydrogen) atoms. The Bertz CT molecular complexity index is 41.0. The van der Waals surface area contributed by atoms with Crippen molar-refractivity contribution in [3.05, 3.63) is 0 Å². The van der Waals surface area contributed by atoms with Gasteiger partial charge in [-0.1, -0.05) is 0 Å². The fourth-order valence-corrected chi connectivity index (χ4v) is 1.30. The molecule has 0 aliphatic heterocycles. The van der Waals surface area contributed by atoms with Crippen LogP contribution in [0, 0.1) is 0 Å². The van der Waals surface area contributed by atoms with Gasteiger partial charge in [0, 0.05) is 0 Å². The number of hydrogen-bond donors (Lipinski definition) is 0. The first-order valence-electron chi connectivity index (χ1n) is 2.57. The van der Waals surface area contributed by atoms with Gasteiger partial charge in [0.15, 0.2) is 0 Å². The zero-order chi connectivity index (χ0) is 6.83. The minimum Gasteiger partial charge on any atom is -0.772 e. The first kappa shape index (κ1) is 11.5. The maximum absolute atomic E-state index is 8.35. The van der Waals surface area contributed by atoms with Gasteiger partial charge in [0.25, 0.3) is 0 Å². The first-order chi connectivity index (χ1) is 3.83. The fourth-order valence-electron chi connectivity index (χ4n) is 0.250. The zero-order valence-corrected chi connectivity index (χ0v) is 8.95. The molecule has 0 aliphatic carbocycles. The SMILES string of the molecule is CCC[CH2][Zn+].O=P[O-]. The number of rotatable bonds is 2. The van der Waals surface area contributed by atoms with E-state index in [1.807, 2.05) is 0 Å². The average Bonchev–Trinajstić information content (AvgIpc) is 1.71. The molecule has 0 atom stereocenters. The Balaban J connectivity index is 0. The van der Waals surface area contributed by atoms with E-state index >= 15 is 0 Å². The van der Waals surface area contributed by atoms with Gasteiger partial charge in [-0.3, -0.25) is 4.57 Å². The van der Waals surface area contributed by atoms with Gasteiger partial charge in [0.05, 0.1) is 8.69 Å². The van der Waals surface area contributed by atoms with E-state index in [4.69, 9.17) is 9.46 Å². The van der Waals surface area contributed by atoms with Crippen LogP contribution in [-0.4, -0.2) is 0 Å². The normalized spacial score (nSPS) is 8.00. The summed E-state index contributed by atoms with van der Waals surface area (Å²) >= 11 is 1.48. The number of hydrogen-bond acceptors (Lipinski definition) is 2. The third-order valence-corrected chi connectivity index (χ3v) is 1.65. The van der Waals surface area contributed by atoms with Crippen LogP contribution in [0.5, 0.6) is 0 Å². The molecule has 0 amide bonds. The van der Waals surface area contributed by atoms with E-state index in [1.165, 1.54) is 36.2 Å². The second-order valence-electron chi connectivity index (χ2n) is 1.28. The molecule has 0 rings (SSSR count). The van der Waals surface area contributed by atoms with Crippen LogP contribution in [-0.2, 0) is 22.9 Å². The molecule has 4 heteroatoms. The van der Waals surface area contributed by atoms with Crippen LogP contribution >= 0.6 is 8.69 Å². The predicted molar refractivity (Wildman–Crippen MR) is 27.3 cm³/mol.